The van der Waals surface area contributed by atoms with Gasteiger partial charge in [-0.15, -0.1) is 0 Å². The maximum atomic E-state index is 9.27. The van der Waals surface area contributed by atoms with Crippen molar-refractivity contribution in [2.45, 2.75) is 26.4 Å². The van der Waals surface area contributed by atoms with Crippen LogP contribution in [0, 0.1) is 11.3 Å². The smallest absolute Gasteiger partial charge is 0.101 e. The summed E-state index contributed by atoms with van der Waals surface area (Å²) in [4.78, 5) is 2.04. The minimum absolute atomic E-state index is 0.439. The monoisotopic (exact) mass is 261 g/mol. The van der Waals surface area contributed by atoms with Crippen molar-refractivity contribution in [1.29, 1.82) is 5.26 Å². The first-order valence-electron chi connectivity index (χ1n) is 6.55. The summed E-state index contributed by atoms with van der Waals surface area (Å²) >= 11 is 0. The third-order valence-corrected chi connectivity index (χ3v) is 2.94. The van der Waals surface area contributed by atoms with Crippen LogP contribution in [0.2, 0.25) is 0 Å². The first-order valence-corrected chi connectivity index (χ1v) is 6.55. The van der Waals surface area contributed by atoms with E-state index in [4.69, 9.17) is 4.74 Å². The van der Waals surface area contributed by atoms with Gasteiger partial charge in [-0.3, -0.25) is 0 Å². The van der Waals surface area contributed by atoms with Crippen molar-refractivity contribution >= 4 is 5.69 Å². The Labute approximate surface area is 116 Å². The Morgan fingerprint density at radius 2 is 2.16 bits per heavy atom. The molecule has 0 saturated heterocycles. The molecule has 0 aliphatic carbocycles. The van der Waals surface area contributed by atoms with Crippen LogP contribution in [0.1, 0.15) is 25.0 Å². The second-order valence-corrected chi connectivity index (χ2v) is 4.91. The Morgan fingerprint density at radius 1 is 1.42 bits per heavy atom. The number of methoxy groups -OCH3 is 1. The van der Waals surface area contributed by atoms with Crippen molar-refractivity contribution in [3.05, 3.63) is 29.3 Å². The number of hydrogen-bond acceptors (Lipinski definition) is 4. The maximum absolute atomic E-state index is 9.27. The first-order chi connectivity index (χ1) is 9.08. The summed E-state index contributed by atoms with van der Waals surface area (Å²) < 4.78 is 5.06. The Morgan fingerprint density at radius 3 is 2.74 bits per heavy atom. The van der Waals surface area contributed by atoms with Gasteiger partial charge in [-0.05, 0) is 17.7 Å². The van der Waals surface area contributed by atoms with Gasteiger partial charge in [0.15, 0.2) is 0 Å². The lowest BCUT2D eigenvalue weighted by Crippen LogP contribution is -2.24. The second-order valence-electron chi connectivity index (χ2n) is 4.91. The minimum Gasteiger partial charge on any atom is -0.383 e. The van der Waals surface area contributed by atoms with Gasteiger partial charge >= 0.3 is 0 Å². The molecule has 0 aromatic heterocycles. The van der Waals surface area contributed by atoms with E-state index >= 15 is 0 Å². The lowest BCUT2D eigenvalue weighted by atomic mass is 10.1. The van der Waals surface area contributed by atoms with E-state index in [0.29, 0.717) is 18.2 Å². The second kappa shape index (κ2) is 7.78. The first kappa shape index (κ1) is 15.5. The van der Waals surface area contributed by atoms with Crippen molar-refractivity contribution in [3.63, 3.8) is 0 Å². The molecule has 0 spiro atoms. The number of benzene rings is 1. The third kappa shape index (κ3) is 4.90. The van der Waals surface area contributed by atoms with Gasteiger partial charge in [-0.1, -0.05) is 19.9 Å². The van der Waals surface area contributed by atoms with Crippen molar-refractivity contribution in [1.82, 2.24) is 5.32 Å². The van der Waals surface area contributed by atoms with Crippen molar-refractivity contribution < 1.29 is 4.74 Å². The summed E-state index contributed by atoms with van der Waals surface area (Å²) in [5.41, 5.74) is 2.80. The summed E-state index contributed by atoms with van der Waals surface area (Å²) in [6.45, 7) is 6.43. The van der Waals surface area contributed by atoms with Crippen LogP contribution in [0.5, 0.6) is 0 Å². The highest BCUT2D eigenvalue weighted by molar-refractivity contribution is 5.60. The van der Waals surface area contributed by atoms with Gasteiger partial charge in [0.25, 0.3) is 0 Å². The fraction of sp³-hybridized carbons (Fsp3) is 0.533. The standard InChI is InChI=1S/C15H23N3O/c1-12(2)17-11-13-5-6-15(14(9-13)10-16)18(3)7-8-19-4/h5-6,9,12,17H,7-8,11H2,1-4H3. The number of rotatable bonds is 7. The van der Waals surface area contributed by atoms with Crippen LogP contribution in [0.25, 0.3) is 0 Å². The SMILES string of the molecule is COCCN(C)c1ccc(CNC(C)C)cc1C#N. The fourth-order valence-corrected chi connectivity index (χ4v) is 1.79. The Balaban J connectivity index is 2.81. The summed E-state index contributed by atoms with van der Waals surface area (Å²) in [7, 11) is 3.65. The third-order valence-electron chi connectivity index (χ3n) is 2.94. The molecule has 19 heavy (non-hydrogen) atoms. The van der Waals surface area contributed by atoms with Crippen LogP contribution in [0.15, 0.2) is 18.2 Å². The number of likely N-dealkylation sites (N-methyl/N-ethyl adjacent to an activating group) is 1. The van der Waals surface area contributed by atoms with Crippen LogP contribution in [0.4, 0.5) is 5.69 Å². The highest BCUT2D eigenvalue weighted by Crippen LogP contribution is 2.20. The lowest BCUT2D eigenvalue weighted by Gasteiger charge is -2.20. The van der Waals surface area contributed by atoms with Crippen molar-refractivity contribution in [3.8, 4) is 6.07 Å². The van der Waals surface area contributed by atoms with E-state index < -0.39 is 0 Å². The maximum Gasteiger partial charge on any atom is 0.101 e. The summed E-state index contributed by atoms with van der Waals surface area (Å²) in [5.74, 6) is 0. The number of nitrogens with zero attached hydrogens (tertiary/aromatic N) is 2. The largest absolute Gasteiger partial charge is 0.383 e. The van der Waals surface area contributed by atoms with Crippen LogP contribution in [-0.4, -0.2) is 33.4 Å². The van der Waals surface area contributed by atoms with E-state index in [2.05, 4.69) is 31.3 Å². The van der Waals surface area contributed by atoms with Gasteiger partial charge in [-0.2, -0.15) is 5.26 Å². The number of hydrogen-bond donors (Lipinski definition) is 1. The van der Waals surface area contributed by atoms with E-state index in [1.807, 2.05) is 24.1 Å². The van der Waals surface area contributed by atoms with Crippen LogP contribution >= 0.6 is 0 Å². The van der Waals surface area contributed by atoms with E-state index in [-0.39, 0.29) is 0 Å². The van der Waals surface area contributed by atoms with Gasteiger partial charge in [0, 0.05) is 33.3 Å². The molecule has 1 aromatic rings. The van der Waals surface area contributed by atoms with Crippen LogP contribution in [-0.2, 0) is 11.3 Å². The molecular weight excluding hydrogens is 238 g/mol. The highest BCUT2D eigenvalue weighted by atomic mass is 16.5. The van der Waals surface area contributed by atoms with Gasteiger partial charge in [0.2, 0.25) is 0 Å². The normalized spacial score (nSPS) is 10.5. The average Bonchev–Trinajstić information content (AvgIpc) is 2.42. The summed E-state index contributed by atoms with van der Waals surface area (Å²) in [6, 6.07) is 8.73. The molecule has 0 bridgehead atoms. The van der Waals surface area contributed by atoms with Gasteiger partial charge in [-0.25, -0.2) is 0 Å². The molecule has 1 aromatic carbocycles. The molecule has 0 fully saturated rings. The molecule has 4 nitrogen and oxygen atoms in total. The van der Waals surface area contributed by atoms with Gasteiger partial charge in [0.1, 0.15) is 6.07 Å². The van der Waals surface area contributed by atoms with Crippen molar-refractivity contribution in [2.75, 3.05) is 32.2 Å². The van der Waals surface area contributed by atoms with Gasteiger partial charge in [0.05, 0.1) is 17.9 Å². The Hall–Kier alpha value is -1.57. The molecule has 1 N–H and O–H groups in total. The van der Waals surface area contributed by atoms with Crippen LogP contribution in [0.3, 0.4) is 0 Å². The molecule has 0 aliphatic heterocycles. The topological polar surface area (TPSA) is 48.3 Å². The molecule has 0 aliphatic rings. The molecule has 0 atom stereocenters. The predicted octanol–water partition coefficient (Wildman–Crippen LogP) is 2.14. The number of ether oxygens (including phenoxy) is 1. The molecule has 0 radical (unpaired) electrons. The zero-order chi connectivity index (χ0) is 14.3. The molecule has 0 amide bonds. The molecule has 0 saturated carbocycles. The lowest BCUT2D eigenvalue weighted by molar-refractivity contribution is 0.206. The predicted molar refractivity (Wildman–Crippen MR) is 78.3 cm³/mol. The minimum atomic E-state index is 0.439. The molecule has 104 valence electrons. The molecule has 1 rings (SSSR count). The number of anilines is 1. The zero-order valence-corrected chi connectivity index (χ0v) is 12.2. The Bertz CT molecular complexity index is 438. The van der Waals surface area contributed by atoms with Gasteiger partial charge < -0.3 is 15.0 Å². The molecule has 0 heterocycles. The molecule has 0 unspecified atom stereocenters. The summed E-state index contributed by atoms with van der Waals surface area (Å²) in [6.07, 6.45) is 0. The number of nitriles is 1. The summed E-state index contributed by atoms with van der Waals surface area (Å²) in [5, 5.41) is 12.6. The van der Waals surface area contributed by atoms with E-state index in [9.17, 15) is 5.26 Å². The van der Waals surface area contributed by atoms with Crippen LogP contribution < -0.4 is 10.2 Å². The average molecular weight is 261 g/mol. The van der Waals surface area contributed by atoms with E-state index in [1.165, 1.54) is 0 Å². The zero-order valence-electron chi connectivity index (χ0n) is 12.2. The molecule has 4 heteroatoms. The fourth-order valence-electron chi connectivity index (χ4n) is 1.79. The van der Waals surface area contributed by atoms with E-state index in [0.717, 1.165) is 24.3 Å². The van der Waals surface area contributed by atoms with Crippen molar-refractivity contribution in [2.24, 2.45) is 0 Å². The number of nitrogens with one attached hydrogen (secondary N) is 1. The van der Waals surface area contributed by atoms with E-state index in [1.54, 1.807) is 7.11 Å². The Kier molecular flexibility index (Phi) is 6.34. The quantitative estimate of drug-likeness (QED) is 0.817. The highest BCUT2D eigenvalue weighted by Gasteiger charge is 2.08. The molecular formula is C15H23N3O.